The van der Waals surface area contributed by atoms with E-state index in [1.807, 2.05) is 19.1 Å². The largest absolute Gasteiger partial charge is 0.440 e. The number of benzene rings is 1. The van der Waals surface area contributed by atoms with Gasteiger partial charge in [0.25, 0.3) is 5.22 Å². The molecule has 1 unspecified atom stereocenters. The van der Waals surface area contributed by atoms with Crippen molar-refractivity contribution in [2.24, 2.45) is 5.73 Å². The summed E-state index contributed by atoms with van der Waals surface area (Å²) in [6.07, 6.45) is 4.09. The molecule has 0 bridgehead atoms. The van der Waals surface area contributed by atoms with Crippen molar-refractivity contribution in [3.63, 3.8) is 0 Å². The van der Waals surface area contributed by atoms with Gasteiger partial charge in [-0.15, -0.1) is 0 Å². The topological polar surface area (TPSA) is 52.0 Å². The van der Waals surface area contributed by atoms with Crippen LogP contribution in [0.15, 0.2) is 51.3 Å². The zero-order valence-corrected chi connectivity index (χ0v) is 9.91. The molecule has 1 aromatic heterocycles. The minimum Gasteiger partial charge on any atom is -0.440 e. The van der Waals surface area contributed by atoms with E-state index in [0.717, 1.165) is 11.3 Å². The minimum atomic E-state index is 0.159. The lowest BCUT2D eigenvalue weighted by atomic mass is 10.1. The van der Waals surface area contributed by atoms with E-state index in [9.17, 15) is 0 Å². The molecule has 1 heterocycles. The zero-order valence-electron chi connectivity index (χ0n) is 9.09. The smallest absolute Gasteiger partial charge is 0.260 e. The average Bonchev–Trinajstić information content (AvgIpc) is 2.73. The first-order valence-electron chi connectivity index (χ1n) is 5.16. The molecular formula is C12H14N2OS. The Kier molecular flexibility index (Phi) is 3.64. The first-order chi connectivity index (χ1) is 7.75. The molecule has 2 N–H and O–H groups in total. The standard InChI is InChI=1S/C12H14N2OS/c1-9(13)8-10-4-2-3-5-11(10)16-12-14-6-7-15-12/h2-7,9H,8,13H2,1H3. The molecule has 0 aliphatic rings. The number of aromatic nitrogens is 1. The van der Waals surface area contributed by atoms with E-state index >= 15 is 0 Å². The SMILES string of the molecule is CC(N)Cc1ccccc1Sc1ncco1. The highest BCUT2D eigenvalue weighted by Crippen LogP contribution is 2.29. The van der Waals surface area contributed by atoms with Crippen LogP contribution in [0.25, 0.3) is 0 Å². The van der Waals surface area contributed by atoms with Crippen molar-refractivity contribution >= 4 is 11.8 Å². The van der Waals surface area contributed by atoms with E-state index in [2.05, 4.69) is 17.1 Å². The molecular weight excluding hydrogens is 220 g/mol. The first-order valence-corrected chi connectivity index (χ1v) is 5.98. The summed E-state index contributed by atoms with van der Waals surface area (Å²) < 4.78 is 5.22. The van der Waals surface area contributed by atoms with Crippen LogP contribution in [-0.2, 0) is 6.42 Å². The molecule has 84 valence electrons. The maximum atomic E-state index is 5.82. The van der Waals surface area contributed by atoms with E-state index in [-0.39, 0.29) is 6.04 Å². The van der Waals surface area contributed by atoms with Crippen molar-refractivity contribution in [3.8, 4) is 0 Å². The lowest BCUT2D eigenvalue weighted by Gasteiger charge is -2.09. The van der Waals surface area contributed by atoms with Crippen LogP contribution in [0.3, 0.4) is 0 Å². The fourth-order valence-corrected chi connectivity index (χ4v) is 2.31. The molecule has 0 saturated carbocycles. The third-order valence-corrected chi connectivity index (χ3v) is 3.12. The van der Waals surface area contributed by atoms with E-state index in [4.69, 9.17) is 10.2 Å². The predicted octanol–water partition coefficient (Wildman–Crippen LogP) is 2.72. The van der Waals surface area contributed by atoms with Gasteiger partial charge < -0.3 is 10.2 Å². The Balaban J connectivity index is 2.19. The Labute approximate surface area is 99.1 Å². The minimum absolute atomic E-state index is 0.159. The number of nitrogens with two attached hydrogens (primary N) is 1. The summed E-state index contributed by atoms with van der Waals surface area (Å²) in [5.41, 5.74) is 7.06. The van der Waals surface area contributed by atoms with E-state index in [0.29, 0.717) is 5.22 Å². The van der Waals surface area contributed by atoms with Crippen LogP contribution in [0.2, 0.25) is 0 Å². The second-order valence-corrected chi connectivity index (χ2v) is 4.68. The molecule has 0 saturated heterocycles. The Morgan fingerprint density at radius 2 is 2.25 bits per heavy atom. The molecule has 2 rings (SSSR count). The van der Waals surface area contributed by atoms with Gasteiger partial charge >= 0.3 is 0 Å². The molecule has 2 aromatic rings. The highest BCUT2D eigenvalue weighted by atomic mass is 32.2. The Morgan fingerprint density at radius 1 is 1.44 bits per heavy atom. The fourth-order valence-electron chi connectivity index (χ4n) is 1.47. The van der Waals surface area contributed by atoms with Gasteiger partial charge in [0.2, 0.25) is 0 Å². The second kappa shape index (κ2) is 5.18. The molecule has 1 aromatic carbocycles. The highest BCUT2D eigenvalue weighted by Gasteiger charge is 2.08. The molecule has 4 heteroatoms. The van der Waals surface area contributed by atoms with Crippen LogP contribution in [0.1, 0.15) is 12.5 Å². The second-order valence-electron chi connectivity index (χ2n) is 3.69. The molecule has 0 amide bonds. The first kappa shape index (κ1) is 11.2. The summed E-state index contributed by atoms with van der Waals surface area (Å²) in [5, 5.41) is 0.664. The highest BCUT2D eigenvalue weighted by molar-refractivity contribution is 7.99. The predicted molar refractivity (Wildman–Crippen MR) is 64.4 cm³/mol. The maximum Gasteiger partial charge on any atom is 0.260 e. The van der Waals surface area contributed by atoms with E-state index in [1.165, 1.54) is 17.3 Å². The van der Waals surface area contributed by atoms with Crippen molar-refractivity contribution in [2.45, 2.75) is 29.5 Å². The van der Waals surface area contributed by atoms with Crippen molar-refractivity contribution in [2.75, 3.05) is 0 Å². The van der Waals surface area contributed by atoms with Crippen LogP contribution >= 0.6 is 11.8 Å². The van der Waals surface area contributed by atoms with E-state index in [1.54, 1.807) is 12.5 Å². The molecule has 0 spiro atoms. The van der Waals surface area contributed by atoms with Gasteiger partial charge in [-0.2, -0.15) is 0 Å². The van der Waals surface area contributed by atoms with Gasteiger partial charge in [0.1, 0.15) is 6.26 Å². The summed E-state index contributed by atoms with van der Waals surface area (Å²) in [6.45, 7) is 2.01. The monoisotopic (exact) mass is 234 g/mol. The fraction of sp³-hybridized carbons (Fsp3) is 0.250. The summed E-state index contributed by atoms with van der Waals surface area (Å²) in [4.78, 5) is 5.25. The third kappa shape index (κ3) is 2.87. The van der Waals surface area contributed by atoms with Gasteiger partial charge in [0.15, 0.2) is 0 Å². The molecule has 3 nitrogen and oxygen atoms in total. The summed E-state index contributed by atoms with van der Waals surface area (Å²) in [6, 6.07) is 8.35. The number of hydrogen-bond donors (Lipinski definition) is 1. The van der Waals surface area contributed by atoms with Crippen molar-refractivity contribution in [3.05, 3.63) is 42.3 Å². The molecule has 0 fully saturated rings. The summed E-state index contributed by atoms with van der Waals surface area (Å²) in [5.74, 6) is 0. The average molecular weight is 234 g/mol. The van der Waals surface area contributed by atoms with Crippen molar-refractivity contribution < 1.29 is 4.42 Å². The summed E-state index contributed by atoms with van der Waals surface area (Å²) >= 11 is 1.53. The Bertz CT molecular complexity index is 440. The van der Waals surface area contributed by atoms with Gasteiger partial charge in [-0.05, 0) is 36.7 Å². The maximum absolute atomic E-state index is 5.82. The van der Waals surface area contributed by atoms with Crippen molar-refractivity contribution in [1.82, 2.24) is 4.98 Å². The number of hydrogen-bond acceptors (Lipinski definition) is 4. The van der Waals surface area contributed by atoms with Crippen LogP contribution < -0.4 is 5.73 Å². The normalized spacial score (nSPS) is 12.6. The lowest BCUT2D eigenvalue weighted by molar-refractivity contribution is 0.454. The van der Waals surface area contributed by atoms with Crippen molar-refractivity contribution in [1.29, 1.82) is 0 Å². The molecule has 16 heavy (non-hydrogen) atoms. The molecule has 0 aliphatic carbocycles. The van der Waals surface area contributed by atoms with Gasteiger partial charge in [-0.25, -0.2) is 4.98 Å². The molecule has 0 aliphatic heterocycles. The Morgan fingerprint density at radius 3 is 2.94 bits per heavy atom. The van der Waals surface area contributed by atoms with Crippen LogP contribution in [0.5, 0.6) is 0 Å². The quantitative estimate of drug-likeness (QED) is 0.883. The van der Waals surface area contributed by atoms with Crippen LogP contribution in [0.4, 0.5) is 0 Å². The van der Waals surface area contributed by atoms with Gasteiger partial charge in [0.05, 0.1) is 6.20 Å². The molecule has 0 radical (unpaired) electrons. The van der Waals surface area contributed by atoms with Crippen LogP contribution in [-0.4, -0.2) is 11.0 Å². The lowest BCUT2D eigenvalue weighted by Crippen LogP contribution is -2.18. The number of oxazole rings is 1. The molecule has 1 atom stereocenters. The summed E-state index contributed by atoms with van der Waals surface area (Å²) in [7, 11) is 0. The number of rotatable bonds is 4. The Hall–Kier alpha value is -1.26. The number of nitrogens with zero attached hydrogens (tertiary/aromatic N) is 1. The third-order valence-electron chi connectivity index (χ3n) is 2.12. The van der Waals surface area contributed by atoms with Crippen LogP contribution in [0, 0.1) is 0 Å². The van der Waals surface area contributed by atoms with Gasteiger partial charge in [0, 0.05) is 10.9 Å². The van der Waals surface area contributed by atoms with Gasteiger partial charge in [-0.1, -0.05) is 18.2 Å². The van der Waals surface area contributed by atoms with Gasteiger partial charge in [-0.3, -0.25) is 0 Å². The van der Waals surface area contributed by atoms with E-state index < -0.39 is 0 Å². The zero-order chi connectivity index (χ0) is 11.4.